The van der Waals surface area contributed by atoms with Crippen LogP contribution in [-0.4, -0.2) is 24.5 Å². The molecule has 0 heterocycles. The van der Waals surface area contributed by atoms with Crippen molar-refractivity contribution in [2.45, 2.75) is 85.0 Å². The Bertz CT molecular complexity index is 135. The lowest BCUT2D eigenvalue weighted by Crippen LogP contribution is -3.00. The van der Waals surface area contributed by atoms with Gasteiger partial charge in [0.25, 0.3) is 0 Å². The quantitative estimate of drug-likeness (QED) is 0.467. The first-order chi connectivity index (χ1) is 8.35. The molecule has 0 N–H and O–H groups in total. The van der Waals surface area contributed by atoms with Crippen LogP contribution in [0.15, 0.2) is 0 Å². The van der Waals surface area contributed by atoms with E-state index >= 15 is 0 Å². The summed E-state index contributed by atoms with van der Waals surface area (Å²) in [6.07, 6.45) is 14.4. The Morgan fingerprint density at radius 2 is 0.944 bits per heavy atom. The molecule has 18 heavy (non-hydrogen) atoms. The first-order valence-electron chi connectivity index (χ1n) is 8.07. The van der Waals surface area contributed by atoms with E-state index in [4.69, 9.17) is 0 Å². The largest absolute Gasteiger partial charge is 1.00 e. The van der Waals surface area contributed by atoms with Crippen molar-refractivity contribution in [2.75, 3.05) is 19.6 Å². The van der Waals surface area contributed by atoms with Gasteiger partial charge in [-0.2, -0.15) is 0 Å². The van der Waals surface area contributed by atoms with Gasteiger partial charge in [0.2, 0.25) is 0 Å². The summed E-state index contributed by atoms with van der Waals surface area (Å²) < 4.78 is 0. The fourth-order valence-electron chi connectivity index (χ4n) is 2.36. The zero-order valence-corrected chi connectivity index (χ0v) is 13.8. The van der Waals surface area contributed by atoms with Gasteiger partial charge in [-0.25, -0.2) is 0 Å². The predicted molar refractivity (Wildman–Crippen MR) is 79.6 cm³/mol. The van der Waals surface area contributed by atoms with E-state index in [0.29, 0.717) is 0 Å². The molecule has 112 valence electrons. The van der Waals surface area contributed by atoms with Crippen LogP contribution in [0.2, 0.25) is 0 Å². The van der Waals surface area contributed by atoms with Gasteiger partial charge in [0.05, 0.1) is 0 Å². The van der Waals surface area contributed by atoms with Crippen molar-refractivity contribution < 1.29 is 12.4 Å². The Morgan fingerprint density at radius 3 is 1.33 bits per heavy atom. The second kappa shape index (κ2) is 17.2. The molecule has 1 nitrogen and oxygen atoms in total. The topological polar surface area (TPSA) is 3.24 Å². The van der Waals surface area contributed by atoms with E-state index in [9.17, 15) is 0 Å². The smallest absolute Gasteiger partial charge is 0.00190 e. The first kappa shape index (κ1) is 20.6. The van der Waals surface area contributed by atoms with Crippen LogP contribution in [0.5, 0.6) is 0 Å². The highest BCUT2D eigenvalue weighted by molar-refractivity contribution is 4.53. The molecule has 0 aliphatic carbocycles. The number of nitrogens with zero attached hydrogens (tertiary/aromatic N) is 1. The average molecular weight is 277 g/mol. The summed E-state index contributed by atoms with van der Waals surface area (Å²) in [6.45, 7) is 10.6. The third-order valence-electron chi connectivity index (χ3n) is 3.72. The first-order valence-corrected chi connectivity index (χ1v) is 8.07. The van der Waals surface area contributed by atoms with Crippen molar-refractivity contribution in [3.63, 3.8) is 0 Å². The standard InChI is InChI=1S/C16H35N.ClH/c1-4-7-8-9-10-11-12-13-14-15-16-17(5-2)6-3;/h4-16H2,1-3H3;1H/p-1. The molecule has 2 heteroatoms. The Labute approximate surface area is 122 Å². The lowest BCUT2D eigenvalue weighted by molar-refractivity contribution is -0.00000395. The molecule has 0 spiro atoms. The van der Waals surface area contributed by atoms with Gasteiger partial charge in [-0.3, -0.25) is 0 Å². The van der Waals surface area contributed by atoms with Crippen LogP contribution in [0.1, 0.15) is 85.0 Å². The minimum atomic E-state index is 0. The van der Waals surface area contributed by atoms with Crippen LogP contribution in [0.4, 0.5) is 0 Å². The molecule has 0 rings (SSSR count). The van der Waals surface area contributed by atoms with Crippen molar-refractivity contribution in [3.8, 4) is 0 Å². The van der Waals surface area contributed by atoms with Gasteiger partial charge < -0.3 is 17.3 Å². The Morgan fingerprint density at radius 1 is 0.556 bits per heavy atom. The van der Waals surface area contributed by atoms with E-state index in [1.54, 1.807) is 0 Å². The van der Waals surface area contributed by atoms with Gasteiger partial charge >= 0.3 is 0 Å². The molecule has 0 aromatic heterocycles. The van der Waals surface area contributed by atoms with Crippen molar-refractivity contribution in [1.29, 1.82) is 0 Å². The molecular weight excluding hydrogens is 242 g/mol. The average Bonchev–Trinajstić information content (AvgIpc) is 2.36. The highest BCUT2D eigenvalue weighted by Crippen LogP contribution is 2.10. The molecule has 0 aliphatic heterocycles. The maximum Gasteiger partial charge on any atom is -0.00190 e. The van der Waals surface area contributed by atoms with Crippen molar-refractivity contribution in [2.24, 2.45) is 0 Å². The summed E-state index contributed by atoms with van der Waals surface area (Å²) in [6, 6.07) is 0. The van der Waals surface area contributed by atoms with Gasteiger partial charge in [-0.05, 0) is 26.1 Å². The van der Waals surface area contributed by atoms with Gasteiger partial charge in [-0.15, -0.1) is 0 Å². The second-order valence-electron chi connectivity index (χ2n) is 5.21. The van der Waals surface area contributed by atoms with Gasteiger partial charge in [0, 0.05) is 0 Å². The molecule has 0 radical (unpaired) electrons. The fraction of sp³-hybridized carbons (Fsp3) is 1.00. The normalized spacial score (nSPS) is 10.7. The summed E-state index contributed by atoms with van der Waals surface area (Å²) in [5.41, 5.74) is 0. The fourth-order valence-corrected chi connectivity index (χ4v) is 2.36. The third kappa shape index (κ3) is 14.3. The molecular formula is C16H35ClN-. The van der Waals surface area contributed by atoms with Crippen LogP contribution in [-0.2, 0) is 0 Å². The van der Waals surface area contributed by atoms with E-state index in [-0.39, 0.29) is 12.4 Å². The van der Waals surface area contributed by atoms with E-state index in [2.05, 4.69) is 25.7 Å². The Kier molecular flexibility index (Phi) is 19.7. The van der Waals surface area contributed by atoms with E-state index in [1.165, 1.54) is 83.8 Å². The van der Waals surface area contributed by atoms with Crippen LogP contribution in [0.3, 0.4) is 0 Å². The third-order valence-corrected chi connectivity index (χ3v) is 3.72. The maximum atomic E-state index is 2.53. The summed E-state index contributed by atoms with van der Waals surface area (Å²) in [7, 11) is 0. The summed E-state index contributed by atoms with van der Waals surface area (Å²) >= 11 is 0. The number of hydrogen-bond acceptors (Lipinski definition) is 1. The van der Waals surface area contributed by atoms with Crippen molar-refractivity contribution in [1.82, 2.24) is 4.90 Å². The SMILES string of the molecule is CCCCCCCCCCCCN(CC)CC.[Cl-]. The zero-order chi connectivity index (χ0) is 12.8. The van der Waals surface area contributed by atoms with Crippen LogP contribution in [0.25, 0.3) is 0 Å². The molecule has 0 aromatic rings. The highest BCUT2D eigenvalue weighted by Gasteiger charge is 1.98. The number of halogens is 1. The lowest BCUT2D eigenvalue weighted by Gasteiger charge is -2.17. The van der Waals surface area contributed by atoms with Crippen LogP contribution in [0, 0.1) is 0 Å². The molecule has 0 amide bonds. The van der Waals surface area contributed by atoms with Gasteiger partial charge in [-0.1, -0.05) is 78.6 Å². The van der Waals surface area contributed by atoms with Gasteiger partial charge in [0.1, 0.15) is 0 Å². The van der Waals surface area contributed by atoms with Crippen LogP contribution >= 0.6 is 0 Å². The molecule has 0 saturated heterocycles. The number of rotatable bonds is 13. The van der Waals surface area contributed by atoms with Gasteiger partial charge in [0.15, 0.2) is 0 Å². The molecule has 0 saturated carbocycles. The highest BCUT2D eigenvalue weighted by atomic mass is 35.5. The predicted octanol–water partition coefficient (Wildman–Crippen LogP) is 2.25. The molecule has 0 fully saturated rings. The van der Waals surface area contributed by atoms with E-state index < -0.39 is 0 Å². The summed E-state index contributed by atoms with van der Waals surface area (Å²) in [5, 5.41) is 0. The number of unbranched alkanes of at least 4 members (excludes halogenated alkanes) is 9. The van der Waals surface area contributed by atoms with Crippen molar-refractivity contribution >= 4 is 0 Å². The monoisotopic (exact) mass is 276 g/mol. The lowest BCUT2D eigenvalue weighted by atomic mass is 10.1. The molecule has 0 unspecified atom stereocenters. The van der Waals surface area contributed by atoms with Crippen LogP contribution < -0.4 is 12.4 Å². The minimum absolute atomic E-state index is 0. The van der Waals surface area contributed by atoms with Crippen molar-refractivity contribution in [3.05, 3.63) is 0 Å². The molecule has 0 atom stereocenters. The molecule has 0 aliphatic rings. The second-order valence-corrected chi connectivity index (χ2v) is 5.21. The number of hydrogen-bond donors (Lipinski definition) is 0. The van der Waals surface area contributed by atoms with E-state index in [0.717, 1.165) is 0 Å². The zero-order valence-electron chi connectivity index (χ0n) is 13.0. The van der Waals surface area contributed by atoms with E-state index in [1.807, 2.05) is 0 Å². The Balaban J connectivity index is 0. The maximum absolute atomic E-state index is 2.53. The summed E-state index contributed by atoms with van der Waals surface area (Å²) in [4.78, 5) is 2.53. The molecule has 0 bridgehead atoms. The molecule has 0 aromatic carbocycles. The Hall–Kier alpha value is 0.250. The minimum Gasteiger partial charge on any atom is -1.00 e. The summed E-state index contributed by atoms with van der Waals surface area (Å²) in [5.74, 6) is 0.